The van der Waals surface area contributed by atoms with Crippen molar-refractivity contribution in [3.8, 4) is 0 Å². The van der Waals surface area contributed by atoms with Crippen LogP contribution >= 0.6 is 0 Å². The zero-order valence-electron chi connectivity index (χ0n) is 18.3. The van der Waals surface area contributed by atoms with Crippen molar-refractivity contribution in [2.75, 3.05) is 39.3 Å². The van der Waals surface area contributed by atoms with E-state index < -0.39 is 5.60 Å². The molecule has 0 aliphatic carbocycles. The summed E-state index contributed by atoms with van der Waals surface area (Å²) >= 11 is 0. The van der Waals surface area contributed by atoms with Gasteiger partial charge in [0.15, 0.2) is 5.96 Å². The van der Waals surface area contributed by atoms with Gasteiger partial charge in [0.1, 0.15) is 17.1 Å². The molecule has 1 atom stereocenters. The Hall–Kier alpha value is -1.53. The van der Waals surface area contributed by atoms with E-state index in [9.17, 15) is 5.11 Å². The number of unbranched alkanes of at least 4 members (excludes halogenated alkanes) is 2. The number of piperidine rings is 1. The molecule has 0 aromatic carbocycles. The van der Waals surface area contributed by atoms with Gasteiger partial charge in [-0.3, -0.25) is 0 Å². The maximum absolute atomic E-state index is 10.8. The average molecular weight is 393 g/mol. The van der Waals surface area contributed by atoms with Crippen LogP contribution < -0.4 is 10.6 Å². The Bertz CT molecular complexity index is 604. The molecule has 0 radical (unpaired) electrons. The van der Waals surface area contributed by atoms with Crippen molar-refractivity contribution in [2.24, 2.45) is 4.99 Å². The number of nitrogens with one attached hydrogen (secondary N) is 2. The molecule has 0 spiro atoms. The van der Waals surface area contributed by atoms with Crippen molar-refractivity contribution in [3.05, 3.63) is 23.2 Å². The summed E-state index contributed by atoms with van der Waals surface area (Å²) in [5.74, 6) is 2.33. The van der Waals surface area contributed by atoms with Gasteiger partial charge < -0.3 is 25.1 Å². The molecule has 1 aromatic heterocycles. The first-order valence-electron chi connectivity index (χ1n) is 11.0. The Labute approximate surface area is 170 Å². The maximum atomic E-state index is 10.8. The van der Waals surface area contributed by atoms with E-state index >= 15 is 0 Å². The predicted octanol–water partition coefficient (Wildman–Crippen LogP) is 3.32. The first-order chi connectivity index (χ1) is 13.4. The van der Waals surface area contributed by atoms with Crippen LogP contribution in [0.1, 0.15) is 69.5 Å². The molecule has 1 aliphatic heterocycles. The number of aliphatic imine (C=N–C) groups is 1. The van der Waals surface area contributed by atoms with Crippen molar-refractivity contribution >= 4 is 5.96 Å². The molecule has 6 nitrogen and oxygen atoms in total. The highest BCUT2D eigenvalue weighted by Gasteiger charge is 2.27. The molecule has 160 valence electrons. The molecule has 1 aromatic rings. The van der Waals surface area contributed by atoms with Crippen molar-refractivity contribution < 1.29 is 9.52 Å². The van der Waals surface area contributed by atoms with Gasteiger partial charge in [-0.2, -0.15) is 0 Å². The lowest BCUT2D eigenvalue weighted by atomic mass is 9.96. The third kappa shape index (κ3) is 7.47. The summed E-state index contributed by atoms with van der Waals surface area (Å²) in [5, 5.41) is 17.5. The van der Waals surface area contributed by atoms with Crippen LogP contribution in [-0.2, 0) is 5.60 Å². The minimum Gasteiger partial charge on any atom is -0.466 e. The summed E-state index contributed by atoms with van der Waals surface area (Å²) in [5.41, 5.74) is -0.235. The van der Waals surface area contributed by atoms with Crippen LogP contribution in [-0.4, -0.2) is 55.2 Å². The first-order valence-corrected chi connectivity index (χ1v) is 11.0. The summed E-state index contributed by atoms with van der Waals surface area (Å²) in [6, 6.07) is 1.90. The van der Waals surface area contributed by atoms with Crippen LogP contribution in [0.4, 0.5) is 0 Å². The molecule has 28 heavy (non-hydrogen) atoms. The zero-order chi connectivity index (χ0) is 20.4. The molecule has 1 saturated heterocycles. The summed E-state index contributed by atoms with van der Waals surface area (Å²) in [4.78, 5) is 7.20. The molecule has 1 fully saturated rings. The SMILES string of the molecule is CCNC(=NCC(C)(O)c1cc(C)oc1C)NCCCCCN1CCCCC1. The predicted molar refractivity (Wildman–Crippen MR) is 116 cm³/mol. The summed E-state index contributed by atoms with van der Waals surface area (Å²) in [6.07, 6.45) is 7.77. The Morgan fingerprint density at radius 2 is 1.93 bits per heavy atom. The van der Waals surface area contributed by atoms with Gasteiger partial charge in [0.05, 0.1) is 6.54 Å². The summed E-state index contributed by atoms with van der Waals surface area (Å²) in [7, 11) is 0. The Balaban J connectivity index is 1.73. The van der Waals surface area contributed by atoms with Crippen molar-refractivity contribution in [1.29, 1.82) is 0 Å². The number of furan rings is 1. The first kappa shape index (κ1) is 22.8. The van der Waals surface area contributed by atoms with Crippen molar-refractivity contribution in [1.82, 2.24) is 15.5 Å². The van der Waals surface area contributed by atoms with Crippen molar-refractivity contribution in [3.63, 3.8) is 0 Å². The van der Waals surface area contributed by atoms with Crippen molar-refractivity contribution in [2.45, 2.75) is 71.8 Å². The van der Waals surface area contributed by atoms with E-state index in [1.165, 1.54) is 51.7 Å². The molecular formula is C22H40N4O2. The summed E-state index contributed by atoms with van der Waals surface area (Å²) < 4.78 is 5.56. The lowest BCUT2D eigenvalue weighted by molar-refractivity contribution is 0.0657. The van der Waals surface area contributed by atoms with E-state index in [2.05, 4.69) is 27.4 Å². The fourth-order valence-electron chi connectivity index (χ4n) is 3.85. The van der Waals surface area contributed by atoms with Crippen LogP contribution in [0.2, 0.25) is 0 Å². The number of nitrogens with zero attached hydrogens (tertiary/aromatic N) is 2. The third-order valence-corrected chi connectivity index (χ3v) is 5.40. The molecule has 0 saturated carbocycles. The molecule has 1 unspecified atom stereocenters. The fourth-order valence-corrected chi connectivity index (χ4v) is 3.85. The van der Waals surface area contributed by atoms with Crippen LogP contribution in [0.5, 0.6) is 0 Å². The number of rotatable bonds is 10. The van der Waals surface area contributed by atoms with Crippen LogP contribution in [0, 0.1) is 13.8 Å². The normalized spacial score (nSPS) is 18.1. The Kier molecular flexibility index (Phi) is 9.32. The van der Waals surface area contributed by atoms with E-state index in [-0.39, 0.29) is 6.54 Å². The van der Waals surface area contributed by atoms with Crippen LogP contribution in [0.15, 0.2) is 15.5 Å². The van der Waals surface area contributed by atoms with E-state index in [0.29, 0.717) is 0 Å². The number of likely N-dealkylation sites (tertiary alicyclic amines) is 1. The lowest BCUT2D eigenvalue weighted by Gasteiger charge is -2.26. The minimum atomic E-state index is -1.04. The van der Waals surface area contributed by atoms with Gasteiger partial charge in [0, 0.05) is 18.7 Å². The van der Waals surface area contributed by atoms with Gasteiger partial charge in [-0.25, -0.2) is 4.99 Å². The van der Waals surface area contributed by atoms with Gasteiger partial charge in [0.2, 0.25) is 0 Å². The molecule has 1 aliphatic rings. The molecule has 6 heteroatoms. The highest BCUT2D eigenvalue weighted by Crippen LogP contribution is 2.27. The molecule has 2 rings (SSSR count). The topological polar surface area (TPSA) is 73.0 Å². The quantitative estimate of drug-likeness (QED) is 0.324. The van der Waals surface area contributed by atoms with E-state index in [4.69, 9.17) is 4.42 Å². The van der Waals surface area contributed by atoms with E-state index in [1.54, 1.807) is 6.92 Å². The molecule has 2 heterocycles. The molecule has 3 N–H and O–H groups in total. The zero-order valence-corrected chi connectivity index (χ0v) is 18.3. The monoisotopic (exact) mass is 392 g/mol. The lowest BCUT2D eigenvalue weighted by Crippen LogP contribution is -2.39. The number of hydrogen-bond donors (Lipinski definition) is 3. The van der Waals surface area contributed by atoms with E-state index in [0.717, 1.165) is 42.6 Å². The third-order valence-electron chi connectivity index (χ3n) is 5.40. The second-order valence-corrected chi connectivity index (χ2v) is 8.19. The van der Waals surface area contributed by atoms with E-state index in [1.807, 2.05) is 19.9 Å². The van der Waals surface area contributed by atoms with Crippen LogP contribution in [0.25, 0.3) is 0 Å². The largest absolute Gasteiger partial charge is 0.466 e. The smallest absolute Gasteiger partial charge is 0.191 e. The van der Waals surface area contributed by atoms with Gasteiger partial charge in [-0.15, -0.1) is 0 Å². The fraction of sp³-hybridized carbons (Fsp3) is 0.773. The summed E-state index contributed by atoms with van der Waals surface area (Å²) in [6.45, 7) is 13.4. The standard InChI is InChI=1S/C22H40N4O2/c1-5-23-21(24-12-8-6-9-13-26-14-10-7-11-15-26)25-17-22(4,27)20-16-18(2)28-19(20)3/h16,27H,5-15,17H2,1-4H3,(H2,23,24,25). The molecule has 0 bridgehead atoms. The highest BCUT2D eigenvalue weighted by molar-refractivity contribution is 5.79. The highest BCUT2D eigenvalue weighted by atomic mass is 16.3. The second-order valence-electron chi connectivity index (χ2n) is 8.19. The Morgan fingerprint density at radius 3 is 2.57 bits per heavy atom. The molecular weight excluding hydrogens is 352 g/mol. The Morgan fingerprint density at radius 1 is 1.18 bits per heavy atom. The van der Waals surface area contributed by atoms with Gasteiger partial charge in [-0.1, -0.05) is 12.8 Å². The molecule has 0 amide bonds. The number of aryl methyl sites for hydroxylation is 2. The number of hydrogen-bond acceptors (Lipinski definition) is 4. The number of guanidine groups is 1. The second kappa shape index (κ2) is 11.5. The van der Waals surface area contributed by atoms with Gasteiger partial charge >= 0.3 is 0 Å². The maximum Gasteiger partial charge on any atom is 0.191 e. The average Bonchev–Trinajstić information content (AvgIpc) is 3.02. The van der Waals surface area contributed by atoms with Gasteiger partial charge in [0.25, 0.3) is 0 Å². The van der Waals surface area contributed by atoms with Gasteiger partial charge in [-0.05, 0) is 79.1 Å². The minimum absolute atomic E-state index is 0.289. The van der Waals surface area contributed by atoms with Crippen LogP contribution in [0.3, 0.4) is 0 Å². The number of aliphatic hydroxyl groups is 1.